The molecule has 0 aliphatic rings. The van der Waals surface area contributed by atoms with Crippen LogP contribution in [-0.4, -0.2) is 23.4 Å². The first-order valence-electron chi connectivity index (χ1n) is 8.67. The Labute approximate surface area is 154 Å². The van der Waals surface area contributed by atoms with Gasteiger partial charge in [0.05, 0.1) is 13.0 Å². The summed E-state index contributed by atoms with van der Waals surface area (Å²) in [6, 6.07) is 18.3. The average Bonchev–Trinajstić information content (AvgIpc) is 2.65. The lowest BCUT2D eigenvalue weighted by atomic mass is 10.0. The molecular formula is C21H26O3S. The largest absolute Gasteiger partial charge is 0.497 e. The molecule has 2 atom stereocenters. The van der Waals surface area contributed by atoms with Gasteiger partial charge >= 0.3 is 5.97 Å². The predicted octanol–water partition coefficient (Wildman–Crippen LogP) is 5.29. The molecule has 3 nitrogen and oxygen atoms in total. The Morgan fingerprint density at radius 3 is 2.36 bits per heavy atom. The number of ether oxygens (including phenoxy) is 1. The molecule has 4 heteroatoms. The predicted molar refractivity (Wildman–Crippen MR) is 103 cm³/mol. The summed E-state index contributed by atoms with van der Waals surface area (Å²) in [5.74, 6) is -0.284. The molecule has 1 N–H and O–H groups in total. The van der Waals surface area contributed by atoms with Gasteiger partial charge in [-0.3, -0.25) is 4.79 Å². The lowest BCUT2D eigenvalue weighted by Gasteiger charge is -2.20. The number of thioether (sulfide) groups is 1. The molecule has 0 aliphatic carbocycles. The van der Waals surface area contributed by atoms with Gasteiger partial charge in [-0.1, -0.05) is 43.7 Å². The van der Waals surface area contributed by atoms with Crippen molar-refractivity contribution in [3.05, 3.63) is 60.2 Å². The van der Waals surface area contributed by atoms with Gasteiger partial charge in [0, 0.05) is 10.1 Å². The van der Waals surface area contributed by atoms with E-state index in [1.165, 1.54) is 5.56 Å². The zero-order valence-electron chi connectivity index (χ0n) is 14.9. The summed E-state index contributed by atoms with van der Waals surface area (Å²) in [6.07, 6.45) is 4.05. The minimum Gasteiger partial charge on any atom is -0.497 e. The van der Waals surface area contributed by atoms with Crippen LogP contribution in [0, 0.1) is 5.92 Å². The molecule has 0 aliphatic heterocycles. The van der Waals surface area contributed by atoms with E-state index in [1.807, 2.05) is 30.3 Å². The number of hydrogen-bond acceptors (Lipinski definition) is 3. The first-order chi connectivity index (χ1) is 12.1. The molecule has 0 unspecified atom stereocenters. The van der Waals surface area contributed by atoms with E-state index < -0.39 is 5.97 Å². The summed E-state index contributed by atoms with van der Waals surface area (Å²) >= 11 is 1.65. The Balaban J connectivity index is 1.89. The van der Waals surface area contributed by atoms with E-state index in [0.29, 0.717) is 0 Å². The van der Waals surface area contributed by atoms with E-state index in [-0.39, 0.29) is 11.2 Å². The van der Waals surface area contributed by atoms with Crippen LogP contribution >= 0.6 is 11.8 Å². The molecule has 0 bridgehead atoms. The van der Waals surface area contributed by atoms with E-state index >= 15 is 0 Å². The molecule has 0 fully saturated rings. The van der Waals surface area contributed by atoms with Gasteiger partial charge in [-0.25, -0.2) is 0 Å². The fourth-order valence-corrected chi connectivity index (χ4v) is 3.97. The minimum absolute atomic E-state index is 0.0710. The number of rotatable bonds is 10. The van der Waals surface area contributed by atoms with Gasteiger partial charge in [0.2, 0.25) is 0 Å². The SMILES string of the molecule is COc1ccc(S[C@H](CCCCc2ccccc2)[C@H](C)C(=O)O)cc1. The highest BCUT2D eigenvalue weighted by Gasteiger charge is 2.24. The van der Waals surface area contributed by atoms with Crippen LogP contribution in [0.4, 0.5) is 0 Å². The number of carbonyl (C=O) groups is 1. The van der Waals surface area contributed by atoms with Crippen molar-refractivity contribution >= 4 is 17.7 Å². The van der Waals surface area contributed by atoms with Crippen LogP contribution < -0.4 is 4.74 Å². The van der Waals surface area contributed by atoms with Gasteiger partial charge in [0.1, 0.15) is 5.75 Å². The van der Waals surface area contributed by atoms with Gasteiger partial charge in [-0.2, -0.15) is 0 Å². The smallest absolute Gasteiger partial charge is 0.307 e. The summed E-state index contributed by atoms with van der Waals surface area (Å²) in [4.78, 5) is 12.5. The van der Waals surface area contributed by atoms with E-state index in [9.17, 15) is 9.90 Å². The normalized spacial score (nSPS) is 13.2. The maximum absolute atomic E-state index is 11.5. The molecule has 0 saturated carbocycles. The maximum atomic E-state index is 11.5. The highest BCUT2D eigenvalue weighted by Crippen LogP contribution is 2.33. The van der Waals surface area contributed by atoms with E-state index in [1.54, 1.807) is 25.8 Å². The number of aryl methyl sites for hydroxylation is 1. The molecule has 0 heterocycles. The highest BCUT2D eigenvalue weighted by molar-refractivity contribution is 8.00. The number of unbranched alkanes of at least 4 members (excludes halogenated alkanes) is 1. The quantitative estimate of drug-likeness (QED) is 0.463. The first kappa shape index (κ1) is 19.4. The number of carboxylic acids is 1. The second-order valence-electron chi connectivity index (χ2n) is 6.19. The molecule has 0 saturated heterocycles. The van der Waals surface area contributed by atoms with Gasteiger partial charge in [0.25, 0.3) is 0 Å². The van der Waals surface area contributed by atoms with Crippen molar-refractivity contribution in [3.8, 4) is 5.75 Å². The molecule has 0 spiro atoms. The topological polar surface area (TPSA) is 46.5 Å². The third-order valence-corrected chi connectivity index (χ3v) is 5.83. The summed E-state index contributed by atoms with van der Waals surface area (Å²) in [5.41, 5.74) is 1.34. The lowest BCUT2D eigenvalue weighted by Crippen LogP contribution is -2.23. The summed E-state index contributed by atoms with van der Waals surface area (Å²) in [7, 11) is 1.64. The van der Waals surface area contributed by atoms with Crippen molar-refractivity contribution < 1.29 is 14.6 Å². The van der Waals surface area contributed by atoms with Crippen LogP contribution in [0.3, 0.4) is 0 Å². The van der Waals surface area contributed by atoms with Crippen molar-refractivity contribution in [1.82, 2.24) is 0 Å². The van der Waals surface area contributed by atoms with Gasteiger partial charge in [-0.05, 0) is 49.1 Å². The second-order valence-corrected chi connectivity index (χ2v) is 7.50. The van der Waals surface area contributed by atoms with Crippen LogP contribution in [0.1, 0.15) is 31.7 Å². The number of carboxylic acid groups (broad SMARTS) is 1. The number of methoxy groups -OCH3 is 1. The number of aliphatic carboxylic acids is 1. The molecule has 134 valence electrons. The maximum Gasteiger partial charge on any atom is 0.307 e. The Hall–Kier alpha value is -1.94. The van der Waals surface area contributed by atoms with Gasteiger partial charge in [-0.15, -0.1) is 11.8 Å². The minimum atomic E-state index is -0.728. The first-order valence-corrected chi connectivity index (χ1v) is 9.55. The Morgan fingerprint density at radius 1 is 1.08 bits per heavy atom. The average molecular weight is 359 g/mol. The second kappa shape index (κ2) is 10.1. The van der Waals surface area contributed by atoms with Crippen LogP contribution in [0.25, 0.3) is 0 Å². The van der Waals surface area contributed by atoms with E-state index in [4.69, 9.17) is 4.74 Å². The molecule has 0 amide bonds. The van der Waals surface area contributed by atoms with Crippen molar-refractivity contribution in [2.75, 3.05) is 7.11 Å². The Bertz CT molecular complexity index is 640. The van der Waals surface area contributed by atoms with Crippen molar-refractivity contribution in [2.24, 2.45) is 5.92 Å². The number of benzene rings is 2. The van der Waals surface area contributed by atoms with Crippen molar-refractivity contribution in [2.45, 2.75) is 42.8 Å². The zero-order chi connectivity index (χ0) is 18.1. The highest BCUT2D eigenvalue weighted by atomic mass is 32.2. The molecule has 2 aromatic carbocycles. The standard InChI is InChI=1S/C21H26O3S/c1-16(21(22)23)20(25-19-14-12-18(24-2)13-15-19)11-7-6-10-17-8-4-3-5-9-17/h3-5,8-9,12-16,20H,6-7,10-11H2,1-2H3,(H,22,23)/t16-,20+/m0/s1. The summed E-state index contributed by atoms with van der Waals surface area (Å²) in [5, 5.41) is 9.48. The summed E-state index contributed by atoms with van der Waals surface area (Å²) < 4.78 is 5.18. The lowest BCUT2D eigenvalue weighted by molar-refractivity contribution is -0.141. The van der Waals surface area contributed by atoms with E-state index in [2.05, 4.69) is 24.3 Å². The van der Waals surface area contributed by atoms with Crippen LogP contribution in [0.2, 0.25) is 0 Å². The molecule has 25 heavy (non-hydrogen) atoms. The molecule has 2 aromatic rings. The zero-order valence-corrected chi connectivity index (χ0v) is 15.7. The monoisotopic (exact) mass is 358 g/mol. The third-order valence-electron chi connectivity index (χ3n) is 4.34. The molecule has 0 aromatic heterocycles. The fourth-order valence-electron chi connectivity index (χ4n) is 2.72. The van der Waals surface area contributed by atoms with Gasteiger partial charge < -0.3 is 9.84 Å². The van der Waals surface area contributed by atoms with Crippen molar-refractivity contribution in [1.29, 1.82) is 0 Å². The molecule has 0 radical (unpaired) electrons. The van der Waals surface area contributed by atoms with Crippen LogP contribution in [-0.2, 0) is 11.2 Å². The van der Waals surface area contributed by atoms with Crippen molar-refractivity contribution in [3.63, 3.8) is 0 Å². The third kappa shape index (κ3) is 6.46. The van der Waals surface area contributed by atoms with Gasteiger partial charge in [0.15, 0.2) is 0 Å². The Kier molecular flexibility index (Phi) is 7.86. The fraction of sp³-hybridized carbons (Fsp3) is 0.381. The van der Waals surface area contributed by atoms with Crippen LogP contribution in [0.5, 0.6) is 5.75 Å². The van der Waals surface area contributed by atoms with E-state index in [0.717, 1.165) is 36.3 Å². The molecular weight excluding hydrogens is 332 g/mol. The number of hydrogen-bond donors (Lipinski definition) is 1. The summed E-state index contributed by atoms with van der Waals surface area (Å²) in [6.45, 7) is 1.81. The Morgan fingerprint density at radius 2 is 1.76 bits per heavy atom. The molecule has 2 rings (SSSR count). The van der Waals surface area contributed by atoms with Crippen LogP contribution in [0.15, 0.2) is 59.5 Å².